The molecule has 0 saturated heterocycles. The Balaban J connectivity index is 1.70. The van der Waals surface area contributed by atoms with Crippen LogP contribution < -0.4 is 5.73 Å². The Morgan fingerprint density at radius 2 is 2.00 bits per heavy atom. The van der Waals surface area contributed by atoms with Crippen molar-refractivity contribution in [1.29, 1.82) is 0 Å². The molecule has 1 aromatic rings. The van der Waals surface area contributed by atoms with E-state index in [4.69, 9.17) is 5.73 Å². The minimum Gasteiger partial charge on any atom is -0.327 e. The molecule has 0 aliphatic carbocycles. The average molecular weight is 230 g/mol. The number of nitrogens with two attached hydrogens (primary N) is 1. The molecule has 0 bridgehead atoms. The molecule has 2 heteroatoms. The summed E-state index contributed by atoms with van der Waals surface area (Å²) in [5.74, 6) is 0. The molecule has 0 saturated carbocycles. The van der Waals surface area contributed by atoms with E-state index in [9.17, 15) is 0 Å². The fourth-order valence-electron chi connectivity index (χ4n) is 2.28. The van der Waals surface area contributed by atoms with E-state index in [2.05, 4.69) is 47.4 Å². The van der Waals surface area contributed by atoms with E-state index in [1.54, 1.807) is 0 Å². The van der Waals surface area contributed by atoms with Gasteiger partial charge in [0.05, 0.1) is 0 Å². The van der Waals surface area contributed by atoms with Crippen molar-refractivity contribution in [3.8, 4) is 0 Å². The number of aryl methyl sites for hydroxylation is 1. The van der Waals surface area contributed by atoms with E-state index in [1.807, 2.05) is 0 Å². The molecule has 1 aliphatic heterocycles. The third-order valence-electron chi connectivity index (χ3n) is 3.28. The van der Waals surface area contributed by atoms with Crippen LogP contribution in [0.1, 0.15) is 18.4 Å². The second-order valence-electron chi connectivity index (χ2n) is 4.80. The Labute approximate surface area is 104 Å². The summed E-state index contributed by atoms with van der Waals surface area (Å²) in [7, 11) is 0. The van der Waals surface area contributed by atoms with Crippen LogP contribution in [0.2, 0.25) is 0 Å². The maximum atomic E-state index is 6.19. The highest BCUT2D eigenvalue weighted by Gasteiger charge is 2.10. The standard InChI is InChI=1S/C15H22N2/c16-15(13-17-11-5-2-6-12-17)10-9-14-7-3-1-4-8-14/h1-5,7-8,15H,6,9-13,16H2. The van der Waals surface area contributed by atoms with Crippen LogP contribution >= 0.6 is 0 Å². The summed E-state index contributed by atoms with van der Waals surface area (Å²) in [5.41, 5.74) is 7.58. The molecule has 92 valence electrons. The van der Waals surface area contributed by atoms with Crippen molar-refractivity contribution >= 4 is 0 Å². The molecule has 1 aromatic carbocycles. The molecule has 0 amide bonds. The van der Waals surface area contributed by atoms with Crippen molar-refractivity contribution in [3.05, 3.63) is 48.0 Å². The van der Waals surface area contributed by atoms with Crippen molar-refractivity contribution in [1.82, 2.24) is 4.90 Å². The lowest BCUT2D eigenvalue weighted by molar-refractivity contribution is 0.274. The van der Waals surface area contributed by atoms with E-state index < -0.39 is 0 Å². The lowest BCUT2D eigenvalue weighted by atomic mass is 10.1. The highest BCUT2D eigenvalue weighted by molar-refractivity contribution is 5.14. The van der Waals surface area contributed by atoms with Gasteiger partial charge in [-0.25, -0.2) is 0 Å². The Kier molecular flexibility index (Phi) is 4.77. The third kappa shape index (κ3) is 4.33. The SMILES string of the molecule is NC(CCc1ccccc1)CN1CC=CCC1. The smallest absolute Gasteiger partial charge is 0.0171 e. The van der Waals surface area contributed by atoms with Crippen LogP contribution in [0.3, 0.4) is 0 Å². The second kappa shape index (κ2) is 6.58. The molecule has 0 fully saturated rings. The molecule has 1 unspecified atom stereocenters. The average Bonchev–Trinajstić information content (AvgIpc) is 2.39. The lowest BCUT2D eigenvalue weighted by Crippen LogP contribution is -2.39. The van der Waals surface area contributed by atoms with Crippen molar-refractivity contribution < 1.29 is 0 Å². The summed E-state index contributed by atoms with van der Waals surface area (Å²) in [6.45, 7) is 3.26. The van der Waals surface area contributed by atoms with Gasteiger partial charge in [0.1, 0.15) is 0 Å². The van der Waals surface area contributed by atoms with Gasteiger partial charge in [-0.3, -0.25) is 4.90 Å². The van der Waals surface area contributed by atoms with Gasteiger partial charge >= 0.3 is 0 Å². The van der Waals surface area contributed by atoms with Gasteiger partial charge in [0, 0.05) is 25.7 Å². The summed E-state index contributed by atoms with van der Waals surface area (Å²) >= 11 is 0. The first-order valence-corrected chi connectivity index (χ1v) is 6.51. The Morgan fingerprint density at radius 3 is 2.71 bits per heavy atom. The fourth-order valence-corrected chi connectivity index (χ4v) is 2.28. The summed E-state index contributed by atoms with van der Waals surface area (Å²) in [6.07, 6.45) is 7.83. The number of hydrogen-bond acceptors (Lipinski definition) is 2. The molecule has 1 atom stereocenters. The zero-order valence-corrected chi connectivity index (χ0v) is 10.4. The van der Waals surface area contributed by atoms with E-state index in [0.29, 0.717) is 6.04 Å². The van der Waals surface area contributed by atoms with Crippen LogP contribution in [0.15, 0.2) is 42.5 Å². The Bertz CT molecular complexity index is 345. The van der Waals surface area contributed by atoms with E-state index in [-0.39, 0.29) is 0 Å². The Morgan fingerprint density at radius 1 is 1.18 bits per heavy atom. The number of hydrogen-bond donors (Lipinski definition) is 1. The molecular formula is C15H22N2. The zero-order valence-electron chi connectivity index (χ0n) is 10.4. The molecule has 1 heterocycles. The van der Waals surface area contributed by atoms with Crippen LogP contribution in [0.25, 0.3) is 0 Å². The van der Waals surface area contributed by atoms with Crippen LogP contribution in [0.4, 0.5) is 0 Å². The van der Waals surface area contributed by atoms with Gasteiger partial charge in [0.15, 0.2) is 0 Å². The van der Waals surface area contributed by atoms with Gasteiger partial charge in [-0.05, 0) is 24.8 Å². The number of benzene rings is 1. The number of rotatable bonds is 5. The maximum Gasteiger partial charge on any atom is 0.0171 e. The van der Waals surface area contributed by atoms with Gasteiger partial charge in [0.25, 0.3) is 0 Å². The largest absolute Gasteiger partial charge is 0.327 e. The van der Waals surface area contributed by atoms with Crippen LogP contribution in [-0.2, 0) is 6.42 Å². The predicted molar refractivity (Wildman–Crippen MR) is 72.9 cm³/mol. The molecule has 0 aromatic heterocycles. The highest BCUT2D eigenvalue weighted by atomic mass is 15.1. The minimum absolute atomic E-state index is 0.293. The lowest BCUT2D eigenvalue weighted by Gasteiger charge is -2.26. The quantitative estimate of drug-likeness (QED) is 0.786. The summed E-state index contributed by atoms with van der Waals surface area (Å²) in [6, 6.07) is 10.9. The first-order valence-electron chi connectivity index (χ1n) is 6.51. The highest BCUT2D eigenvalue weighted by Crippen LogP contribution is 2.07. The predicted octanol–water partition coefficient (Wildman–Crippen LogP) is 2.21. The maximum absolute atomic E-state index is 6.19. The monoisotopic (exact) mass is 230 g/mol. The van der Waals surface area contributed by atoms with Gasteiger partial charge in [0.2, 0.25) is 0 Å². The molecule has 1 aliphatic rings. The summed E-state index contributed by atoms with van der Waals surface area (Å²) in [4.78, 5) is 2.44. The van der Waals surface area contributed by atoms with Crippen LogP contribution in [0.5, 0.6) is 0 Å². The normalized spacial score (nSPS) is 18.2. The topological polar surface area (TPSA) is 29.3 Å². The van der Waals surface area contributed by atoms with E-state index in [1.165, 1.54) is 12.0 Å². The van der Waals surface area contributed by atoms with E-state index in [0.717, 1.165) is 32.5 Å². The van der Waals surface area contributed by atoms with Crippen LogP contribution in [0, 0.1) is 0 Å². The van der Waals surface area contributed by atoms with Gasteiger partial charge in [-0.15, -0.1) is 0 Å². The molecule has 0 spiro atoms. The van der Waals surface area contributed by atoms with E-state index >= 15 is 0 Å². The fraction of sp³-hybridized carbons (Fsp3) is 0.467. The third-order valence-corrected chi connectivity index (χ3v) is 3.28. The molecule has 0 radical (unpaired) electrons. The first-order chi connectivity index (χ1) is 8.34. The summed E-state index contributed by atoms with van der Waals surface area (Å²) < 4.78 is 0. The van der Waals surface area contributed by atoms with Crippen LogP contribution in [-0.4, -0.2) is 30.6 Å². The van der Waals surface area contributed by atoms with Gasteiger partial charge in [-0.2, -0.15) is 0 Å². The molecule has 17 heavy (non-hydrogen) atoms. The molecule has 2 N–H and O–H groups in total. The molecule has 2 rings (SSSR count). The van der Waals surface area contributed by atoms with Crippen molar-refractivity contribution in [2.45, 2.75) is 25.3 Å². The van der Waals surface area contributed by atoms with Gasteiger partial charge in [-0.1, -0.05) is 42.5 Å². The number of nitrogens with zero attached hydrogens (tertiary/aromatic N) is 1. The van der Waals surface area contributed by atoms with Crippen molar-refractivity contribution in [3.63, 3.8) is 0 Å². The van der Waals surface area contributed by atoms with Crippen molar-refractivity contribution in [2.75, 3.05) is 19.6 Å². The minimum atomic E-state index is 0.293. The van der Waals surface area contributed by atoms with Gasteiger partial charge < -0.3 is 5.73 Å². The second-order valence-corrected chi connectivity index (χ2v) is 4.80. The first kappa shape index (κ1) is 12.3. The molecule has 2 nitrogen and oxygen atoms in total. The zero-order chi connectivity index (χ0) is 11.9. The molecular weight excluding hydrogens is 208 g/mol. The van der Waals surface area contributed by atoms with Crippen molar-refractivity contribution in [2.24, 2.45) is 5.73 Å². The Hall–Kier alpha value is -1.12. The summed E-state index contributed by atoms with van der Waals surface area (Å²) in [5, 5.41) is 0.